The molecule has 15 heavy (non-hydrogen) atoms. The lowest BCUT2D eigenvalue weighted by molar-refractivity contribution is -0.0763. The zero-order chi connectivity index (χ0) is 10.6. The molecule has 4 bridgehead atoms. The van der Waals surface area contributed by atoms with Crippen LogP contribution in [0.25, 0.3) is 0 Å². The van der Waals surface area contributed by atoms with Crippen LogP contribution in [-0.2, 0) is 0 Å². The summed E-state index contributed by atoms with van der Waals surface area (Å²) in [6, 6.07) is 0.557. The highest BCUT2D eigenvalue weighted by Crippen LogP contribution is 2.61. The molecule has 0 aliphatic heterocycles. The topological polar surface area (TPSA) is 26.0 Å². The lowest BCUT2D eigenvalue weighted by atomic mass is 9.47. The second-order valence-corrected chi connectivity index (χ2v) is 7.15. The second-order valence-electron chi connectivity index (χ2n) is 7.15. The SMILES string of the molecule is CC(C)CC12CC3CC(C1)C(N)C(C3)C2. The molecule has 0 aromatic carbocycles. The summed E-state index contributed by atoms with van der Waals surface area (Å²) in [7, 11) is 0. The van der Waals surface area contributed by atoms with Crippen LogP contribution in [0, 0.1) is 29.1 Å². The van der Waals surface area contributed by atoms with E-state index in [1.54, 1.807) is 0 Å². The Morgan fingerprint density at radius 2 is 1.73 bits per heavy atom. The van der Waals surface area contributed by atoms with Crippen molar-refractivity contribution in [1.29, 1.82) is 0 Å². The number of nitrogens with two attached hydrogens (primary N) is 1. The minimum Gasteiger partial charge on any atom is -0.327 e. The summed E-state index contributed by atoms with van der Waals surface area (Å²) in [6.07, 6.45) is 8.82. The number of rotatable bonds is 2. The molecule has 2 atom stereocenters. The lowest BCUT2D eigenvalue weighted by Crippen LogP contribution is -2.56. The van der Waals surface area contributed by atoms with Gasteiger partial charge in [-0.15, -0.1) is 0 Å². The Labute approximate surface area is 93.8 Å². The van der Waals surface area contributed by atoms with Crippen molar-refractivity contribution in [2.45, 2.75) is 58.4 Å². The van der Waals surface area contributed by atoms with Crippen molar-refractivity contribution >= 4 is 0 Å². The van der Waals surface area contributed by atoms with Crippen molar-refractivity contribution in [2.75, 3.05) is 0 Å². The van der Waals surface area contributed by atoms with Gasteiger partial charge in [0, 0.05) is 6.04 Å². The highest BCUT2D eigenvalue weighted by atomic mass is 14.7. The fourth-order valence-electron chi connectivity index (χ4n) is 5.35. The van der Waals surface area contributed by atoms with Gasteiger partial charge in [0.2, 0.25) is 0 Å². The predicted molar refractivity (Wildman–Crippen MR) is 63.4 cm³/mol. The van der Waals surface area contributed by atoms with E-state index in [0.717, 1.165) is 29.1 Å². The first-order valence-electron chi connectivity index (χ1n) is 6.83. The van der Waals surface area contributed by atoms with E-state index in [1.165, 1.54) is 38.5 Å². The van der Waals surface area contributed by atoms with Gasteiger partial charge in [0.1, 0.15) is 0 Å². The third-order valence-electron chi connectivity index (χ3n) is 5.31. The largest absolute Gasteiger partial charge is 0.327 e. The van der Waals surface area contributed by atoms with E-state index < -0.39 is 0 Å². The Bertz CT molecular complexity index is 238. The van der Waals surface area contributed by atoms with Crippen molar-refractivity contribution in [3.63, 3.8) is 0 Å². The van der Waals surface area contributed by atoms with Gasteiger partial charge >= 0.3 is 0 Å². The Morgan fingerprint density at radius 3 is 2.27 bits per heavy atom. The quantitative estimate of drug-likeness (QED) is 0.739. The molecule has 4 aliphatic rings. The highest BCUT2D eigenvalue weighted by molar-refractivity contribution is 5.06. The third-order valence-corrected chi connectivity index (χ3v) is 5.31. The van der Waals surface area contributed by atoms with Crippen LogP contribution in [-0.4, -0.2) is 6.04 Å². The van der Waals surface area contributed by atoms with Crippen LogP contribution in [0.4, 0.5) is 0 Å². The number of hydrogen-bond donors (Lipinski definition) is 1. The molecule has 4 rings (SSSR count). The molecule has 0 amide bonds. The Hall–Kier alpha value is -0.0400. The van der Waals surface area contributed by atoms with Crippen molar-refractivity contribution in [1.82, 2.24) is 0 Å². The zero-order valence-electron chi connectivity index (χ0n) is 10.2. The van der Waals surface area contributed by atoms with Crippen LogP contribution < -0.4 is 5.73 Å². The lowest BCUT2D eigenvalue weighted by Gasteiger charge is -2.60. The molecule has 2 unspecified atom stereocenters. The van der Waals surface area contributed by atoms with Crippen LogP contribution in [0.1, 0.15) is 52.4 Å². The summed E-state index contributed by atoms with van der Waals surface area (Å²) in [5.41, 5.74) is 7.08. The Kier molecular flexibility index (Phi) is 2.18. The van der Waals surface area contributed by atoms with Gasteiger partial charge in [-0.3, -0.25) is 0 Å². The molecule has 0 saturated heterocycles. The van der Waals surface area contributed by atoms with E-state index in [-0.39, 0.29) is 0 Å². The minimum absolute atomic E-state index is 0.557. The summed E-state index contributed by atoms with van der Waals surface area (Å²) in [5, 5.41) is 0. The Morgan fingerprint density at radius 1 is 1.13 bits per heavy atom. The molecule has 1 heteroatoms. The van der Waals surface area contributed by atoms with E-state index in [0.29, 0.717) is 6.04 Å². The first-order valence-corrected chi connectivity index (χ1v) is 6.83. The smallest absolute Gasteiger partial charge is 0.00962 e. The molecule has 4 saturated carbocycles. The molecule has 0 spiro atoms. The molecule has 1 nitrogen and oxygen atoms in total. The van der Waals surface area contributed by atoms with Gasteiger partial charge in [0.25, 0.3) is 0 Å². The van der Waals surface area contributed by atoms with Gasteiger partial charge in [-0.1, -0.05) is 13.8 Å². The van der Waals surface area contributed by atoms with E-state index in [9.17, 15) is 0 Å². The first kappa shape index (κ1) is 10.1. The maximum absolute atomic E-state index is 6.36. The molecule has 86 valence electrons. The fraction of sp³-hybridized carbons (Fsp3) is 1.00. The molecular formula is C14H25N. The zero-order valence-corrected chi connectivity index (χ0v) is 10.2. The van der Waals surface area contributed by atoms with Gasteiger partial charge in [0.05, 0.1) is 0 Å². The van der Waals surface area contributed by atoms with Crippen LogP contribution in [0.5, 0.6) is 0 Å². The summed E-state index contributed by atoms with van der Waals surface area (Å²) in [4.78, 5) is 0. The maximum Gasteiger partial charge on any atom is 0.00962 e. The summed E-state index contributed by atoms with van der Waals surface area (Å²) < 4.78 is 0. The normalized spacial score (nSPS) is 52.8. The van der Waals surface area contributed by atoms with Crippen molar-refractivity contribution in [3.05, 3.63) is 0 Å². The van der Waals surface area contributed by atoms with Crippen LogP contribution >= 0.6 is 0 Å². The van der Waals surface area contributed by atoms with Crippen molar-refractivity contribution in [3.8, 4) is 0 Å². The van der Waals surface area contributed by atoms with Crippen LogP contribution in [0.3, 0.4) is 0 Å². The third kappa shape index (κ3) is 1.54. The molecular weight excluding hydrogens is 182 g/mol. The van der Waals surface area contributed by atoms with E-state index >= 15 is 0 Å². The molecule has 0 aromatic heterocycles. The van der Waals surface area contributed by atoms with E-state index in [4.69, 9.17) is 5.73 Å². The van der Waals surface area contributed by atoms with Crippen molar-refractivity contribution < 1.29 is 0 Å². The van der Waals surface area contributed by atoms with Crippen molar-refractivity contribution in [2.24, 2.45) is 34.8 Å². The average Bonchev–Trinajstić information content (AvgIpc) is 2.10. The number of hydrogen-bond acceptors (Lipinski definition) is 1. The molecule has 0 heterocycles. The molecule has 0 radical (unpaired) electrons. The van der Waals surface area contributed by atoms with Crippen LogP contribution in [0.15, 0.2) is 0 Å². The average molecular weight is 207 g/mol. The monoisotopic (exact) mass is 207 g/mol. The fourth-order valence-corrected chi connectivity index (χ4v) is 5.35. The minimum atomic E-state index is 0.557. The molecule has 2 N–H and O–H groups in total. The van der Waals surface area contributed by atoms with Gasteiger partial charge in [-0.2, -0.15) is 0 Å². The molecule has 4 fully saturated rings. The van der Waals surface area contributed by atoms with Gasteiger partial charge in [-0.25, -0.2) is 0 Å². The van der Waals surface area contributed by atoms with Crippen LogP contribution in [0.2, 0.25) is 0 Å². The first-order chi connectivity index (χ1) is 7.08. The Balaban J connectivity index is 1.83. The standard InChI is InChI=1S/C14H25N/c1-9(2)5-14-6-10-3-11(7-14)13(15)12(4-10)8-14/h9-13H,3-8,15H2,1-2H3. The maximum atomic E-state index is 6.36. The van der Waals surface area contributed by atoms with Gasteiger partial charge < -0.3 is 5.73 Å². The predicted octanol–water partition coefficient (Wildman–Crippen LogP) is 3.19. The van der Waals surface area contributed by atoms with E-state index in [2.05, 4.69) is 13.8 Å². The van der Waals surface area contributed by atoms with Gasteiger partial charge in [-0.05, 0) is 67.6 Å². The summed E-state index contributed by atoms with van der Waals surface area (Å²) >= 11 is 0. The summed E-state index contributed by atoms with van der Waals surface area (Å²) in [5.74, 6) is 3.68. The summed E-state index contributed by atoms with van der Waals surface area (Å²) in [6.45, 7) is 4.77. The second kappa shape index (κ2) is 3.23. The van der Waals surface area contributed by atoms with E-state index in [1.807, 2.05) is 0 Å². The molecule has 0 aromatic rings. The molecule has 4 aliphatic carbocycles. The van der Waals surface area contributed by atoms with Gasteiger partial charge in [0.15, 0.2) is 0 Å². The highest BCUT2D eigenvalue weighted by Gasteiger charge is 2.53.